The number of piperazine rings is 1. The van der Waals surface area contributed by atoms with Crippen LogP contribution in [-0.2, 0) is 16.1 Å². The zero-order valence-electron chi connectivity index (χ0n) is 19.2. The fourth-order valence-corrected chi connectivity index (χ4v) is 4.70. The number of rotatable bonds is 4. The molecular formula is C26H34N4O2. The largest absolute Gasteiger partial charge is 0.368 e. The Hall–Kier alpha value is -2.86. The standard InChI is InChI=1S/C26H34N4O2/c1-20-7-6-10-24(21(20)2)29-15-17-30(18-16-29)26(32)25(31)27-23-11-13-28(14-12-23)19-22-8-4-3-5-9-22/h3-10,23H,11-19H2,1-2H3,(H,27,31). The minimum atomic E-state index is -0.452. The highest BCUT2D eigenvalue weighted by Gasteiger charge is 2.29. The first kappa shape index (κ1) is 22.3. The summed E-state index contributed by atoms with van der Waals surface area (Å²) in [4.78, 5) is 31.7. The number of likely N-dealkylation sites (tertiary alicyclic amines) is 1. The van der Waals surface area contributed by atoms with Crippen molar-refractivity contribution in [2.24, 2.45) is 0 Å². The molecule has 2 heterocycles. The van der Waals surface area contributed by atoms with E-state index in [1.54, 1.807) is 4.90 Å². The average molecular weight is 435 g/mol. The lowest BCUT2D eigenvalue weighted by Crippen LogP contribution is -2.54. The van der Waals surface area contributed by atoms with Gasteiger partial charge in [0.15, 0.2) is 0 Å². The fraction of sp³-hybridized carbons (Fsp3) is 0.462. The Morgan fingerprint density at radius 2 is 1.56 bits per heavy atom. The molecule has 2 aromatic rings. The summed E-state index contributed by atoms with van der Waals surface area (Å²) >= 11 is 0. The lowest BCUT2D eigenvalue weighted by Gasteiger charge is -2.37. The molecule has 2 aliphatic heterocycles. The maximum Gasteiger partial charge on any atom is 0.312 e. The lowest BCUT2D eigenvalue weighted by molar-refractivity contribution is -0.146. The van der Waals surface area contributed by atoms with E-state index in [0.717, 1.165) is 45.6 Å². The molecule has 0 radical (unpaired) electrons. The van der Waals surface area contributed by atoms with Crippen LogP contribution < -0.4 is 10.2 Å². The van der Waals surface area contributed by atoms with Crippen LogP contribution in [0.1, 0.15) is 29.5 Å². The van der Waals surface area contributed by atoms with Crippen LogP contribution in [0.3, 0.4) is 0 Å². The normalized spacial score (nSPS) is 17.9. The zero-order valence-corrected chi connectivity index (χ0v) is 19.2. The Kier molecular flexibility index (Phi) is 7.10. The van der Waals surface area contributed by atoms with Crippen molar-refractivity contribution in [3.8, 4) is 0 Å². The monoisotopic (exact) mass is 434 g/mol. The molecule has 1 N–H and O–H groups in total. The number of nitrogens with one attached hydrogen (secondary N) is 1. The Bertz CT molecular complexity index is 930. The summed E-state index contributed by atoms with van der Waals surface area (Å²) in [6.07, 6.45) is 1.76. The molecule has 4 rings (SSSR count). The van der Waals surface area contributed by atoms with E-state index in [1.165, 1.54) is 22.4 Å². The molecule has 6 heteroatoms. The molecule has 2 saturated heterocycles. The van der Waals surface area contributed by atoms with Crippen molar-refractivity contribution < 1.29 is 9.59 Å². The first-order valence-corrected chi connectivity index (χ1v) is 11.7. The van der Waals surface area contributed by atoms with Gasteiger partial charge in [0.2, 0.25) is 0 Å². The van der Waals surface area contributed by atoms with Gasteiger partial charge in [0.1, 0.15) is 0 Å². The summed E-state index contributed by atoms with van der Waals surface area (Å²) in [5, 5.41) is 2.99. The fourth-order valence-electron chi connectivity index (χ4n) is 4.70. The third-order valence-corrected chi connectivity index (χ3v) is 6.85. The second-order valence-corrected chi connectivity index (χ2v) is 9.01. The van der Waals surface area contributed by atoms with E-state index in [9.17, 15) is 9.59 Å². The molecule has 2 fully saturated rings. The van der Waals surface area contributed by atoms with Crippen molar-refractivity contribution in [1.29, 1.82) is 0 Å². The van der Waals surface area contributed by atoms with E-state index in [4.69, 9.17) is 0 Å². The highest BCUT2D eigenvalue weighted by Crippen LogP contribution is 2.24. The minimum absolute atomic E-state index is 0.0784. The quantitative estimate of drug-likeness (QED) is 0.752. The summed E-state index contributed by atoms with van der Waals surface area (Å²) < 4.78 is 0. The van der Waals surface area contributed by atoms with E-state index in [0.29, 0.717) is 13.1 Å². The highest BCUT2D eigenvalue weighted by molar-refractivity contribution is 6.35. The van der Waals surface area contributed by atoms with Crippen LogP contribution in [-0.4, -0.2) is 66.9 Å². The number of piperidine rings is 1. The van der Waals surface area contributed by atoms with Crippen molar-refractivity contribution in [2.75, 3.05) is 44.2 Å². The van der Waals surface area contributed by atoms with Gasteiger partial charge in [-0.3, -0.25) is 14.5 Å². The molecule has 0 unspecified atom stereocenters. The van der Waals surface area contributed by atoms with Gasteiger partial charge in [0.25, 0.3) is 0 Å². The molecule has 2 aliphatic rings. The molecule has 6 nitrogen and oxygen atoms in total. The van der Waals surface area contributed by atoms with Gasteiger partial charge in [-0.05, 0) is 49.4 Å². The number of benzene rings is 2. The Labute approximate surface area is 191 Å². The maximum atomic E-state index is 12.7. The van der Waals surface area contributed by atoms with Gasteiger partial charge in [0, 0.05) is 57.5 Å². The van der Waals surface area contributed by atoms with Gasteiger partial charge in [-0.1, -0.05) is 42.5 Å². The topological polar surface area (TPSA) is 55.9 Å². The predicted octanol–water partition coefficient (Wildman–Crippen LogP) is 2.73. The average Bonchev–Trinajstić information content (AvgIpc) is 2.82. The molecule has 0 atom stereocenters. The molecule has 0 aliphatic carbocycles. The number of anilines is 1. The SMILES string of the molecule is Cc1cccc(N2CCN(C(=O)C(=O)NC3CCN(Cc4ccccc4)CC3)CC2)c1C. The van der Waals surface area contributed by atoms with E-state index in [1.807, 2.05) is 6.07 Å². The van der Waals surface area contributed by atoms with Crippen LogP contribution >= 0.6 is 0 Å². The highest BCUT2D eigenvalue weighted by atomic mass is 16.2. The van der Waals surface area contributed by atoms with Crippen molar-refractivity contribution in [2.45, 2.75) is 39.3 Å². The number of amides is 2. The molecule has 2 aromatic carbocycles. The lowest BCUT2D eigenvalue weighted by atomic mass is 10.0. The maximum absolute atomic E-state index is 12.7. The van der Waals surface area contributed by atoms with Crippen molar-refractivity contribution in [3.63, 3.8) is 0 Å². The first-order chi connectivity index (χ1) is 15.5. The summed E-state index contributed by atoms with van der Waals surface area (Å²) in [7, 11) is 0. The van der Waals surface area contributed by atoms with Crippen LogP contribution in [0.4, 0.5) is 5.69 Å². The number of nitrogens with zero attached hydrogens (tertiary/aromatic N) is 3. The summed E-state index contributed by atoms with van der Waals surface area (Å²) in [5.41, 5.74) is 5.09. The van der Waals surface area contributed by atoms with Gasteiger partial charge < -0.3 is 15.1 Å². The Morgan fingerprint density at radius 3 is 2.25 bits per heavy atom. The van der Waals surface area contributed by atoms with Crippen molar-refractivity contribution >= 4 is 17.5 Å². The van der Waals surface area contributed by atoms with E-state index in [-0.39, 0.29) is 6.04 Å². The van der Waals surface area contributed by atoms with Crippen LogP contribution in [0.15, 0.2) is 48.5 Å². The predicted molar refractivity (Wildman–Crippen MR) is 128 cm³/mol. The number of hydrogen-bond acceptors (Lipinski definition) is 4. The molecule has 32 heavy (non-hydrogen) atoms. The summed E-state index contributed by atoms with van der Waals surface area (Å²) in [6, 6.07) is 16.9. The second-order valence-electron chi connectivity index (χ2n) is 9.01. The minimum Gasteiger partial charge on any atom is -0.368 e. The van der Waals surface area contributed by atoms with Gasteiger partial charge in [-0.25, -0.2) is 0 Å². The number of carbonyl (C=O) groups excluding carboxylic acids is 2. The van der Waals surface area contributed by atoms with E-state index in [2.05, 4.69) is 71.4 Å². The number of carbonyl (C=O) groups is 2. The summed E-state index contributed by atoms with van der Waals surface area (Å²) in [5.74, 6) is -0.843. The van der Waals surface area contributed by atoms with Crippen LogP contribution in [0.2, 0.25) is 0 Å². The smallest absolute Gasteiger partial charge is 0.312 e. The molecule has 0 bridgehead atoms. The van der Waals surface area contributed by atoms with E-state index < -0.39 is 11.8 Å². The van der Waals surface area contributed by atoms with E-state index >= 15 is 0 Å². The second kappa shape index (κ2) is 10.2. The number of aryl methyl sites for hydroxylation is 1. The summed E-state index contributed by atoms with van der Waals surface area (Å²) in [6.45, 7) is 9.72. The third-order valence-electron chi connectivity index (χ3n) is 6.85. The molecule has 2 amide bonds. The molecule has 0 spiro atoms. The van der Waals surface area contributed by atoms with Gasteiger partial charge in [-0.2, -0.15) is 0 Å². The molecule has 170 valence electrons. The van der Waals surface area contributed by atoms with Crippen LogP contribution in [0, 0.1) is 13.8 Å². The van der Waals surface area contributed by atoms with Crippen molar-refractivity contribution in [3.05, 3.63) is 65.2 Å². The number of hydrogen-bond donors (Lipinski definition) is 1. The van der Waals surface area contributed by atoms with Gasteiger partial charge >= 0.3 is 11.8 Å². The molecular weight excluding hydrogens is 400 g/mol. The first-order valence-electron chi connectivity index (χ1n) is 11.7. The van der Waals surface area contributed by atoms with Crippen molar-refractivity contribution in [1.82, 2.24) is 15.1 Å². The molecule has 0 aromatic heterocycles. The van der Waals surface area contributed by atoms with Gasteiger partial charge in [-0.15, -0.1) is 0 Å². The third kappa shape index (κ3) is 5.30. The Balaban J connectivity index is 1.22. The molecule has 0 saturated carbocycles. The van der Waals surface area contributed by atoms with Crippen LogP contribution in [0.5, 0.6) is 0 Å². The van der Waals surface area contributed by atoms with Crippen LogP contribution in [0.25, 0.3) is 0 Å². The Morgan fingerprint density at radius 1 is 0.875 bits per heavy atom. The zero-order chi connectivity index (χ0) is 22.5. The van der Waals surface area contributed by atoms with Gasteiger partial charge in [0.05, 0.1) is 0 Å².